The molecular formula is C36H26N4O3S3. The number of hydrogen-bond donors (Lipinski definition) is 0. The third kappa shape index (κ3) is 4.95. The fourth-order valence-corrected chi connectivity index (χ4v) is 9.19. The monoisotopic (exact) mass is 658 g/mol. The molecule has 0 amide bonds. The van der Waals surface area contributed by atoms with Gasteiger partial charge in [0.25, 0.3) is 15.9 Å². The Morgan fingerprint density at radius 1 is 0.804 bits per heavy atom. The largest absolute Gasteiger partial charge is 0.285 e. The fourth-order valence-electron chi connectivity index (χ4n) is 6.23. The first-order valence-electron chi connectivity index (χ1n) is 14.7. The Hall–Kier alpha value is -4.90. The highest BCUT2D eigenvalue weighted by atomic mass is 32.2. The van der Waals surface area contributed by atoms with Crippen molar-refractivity contribution in [3.8, 4) is 11.3 Å². The first-order chi connectivity index (χ1) is 22.5. The van der Waals surface area contributed by atoms with Crippen LogP contribution >= 0.6 is 22.7 Å². The molecule has 0 spiro atoms. The van der Waals surface area contributed by atoms with E-state index in [0.29, 0.717) is 11.3 Å². The Morgan fingerprint density at radius 2 is 1.52 bits per heavy atom. The van der Waals surface area contributed by atoms with Crippen LogP contribution in [0.2, 0.25) is 0 Å². The molecule has 2 atom stereocenters. The van der Waals surface area contributed by atoms with Gasteiger partial charge in [0.1, 0.15) is 0 Å². The van der Waals surface area contributed by atoms with Crippen molar-refractivity contribution in [1.29, 1.82) is 0 Å². The minimum atomic E-state index is -4.16. The van der Waals surface area contributed by atoms with Crippen LogP contribution in [0.3, 0.4) is 0 Å². The molecule has 8 rings (SSSR count). The van der Waals surface area contributed by atoms with Crippen molar-refractivity contribution in [3.05, 3.63) is 158 Å². The van der Waals surface area contributed by atoms with E-state index in [0.717, 1.165) is 34.7 Å². The maximum atomic E-state index is 13.7. The quantitative estimate of drug-likeness (QED) is 0.187. The summed E-state index contributed by atoms with van der Waals surface area (Å²) in [6.45, 7) is 0. The van der Waals surface area contributed by atoms with Crippen molar-refractivity contribution in [2.75, 3.05) is 5.01 Å². The molecule has 46 heavy (non-hydrogen) atoms. The van der Waals surface area contributed by atoms with E-state index in [2.05, 4.69) is 40.1 Å². The highest BCUT2D eigenvalue weighted by Crippen LogP contribution is 2.47. The number of sulfonamides is 1. The van der Waals surface area contributed by atoms with E-state index in [1.807, 2.05) is 47.5 Å². The molecule has 0 saturated carbocycles. The lowest BCUT2D eigenvalue weighted by Crippen LogP contribution is -2.26. The molecule has 3 heterocycles. The summed E-state index contributed by atoms with van der Waals surface area (Å²) in [6.07, 6.45) is 0.910. The molecule has 2 aromatic heterocycles. The van der Waals surface area contributed by atoms with Crippen LogP contribution in [0.25, 0.3) is 11.3 Å². The predicted molar refractivity (Wildman–Crippen MR) is 183 cm³/mol. The standard InChI is InChI=1S/C36H26N4O3S3/c41-35(25-12-5-2-6-13-25)39-31(24-10-3-1-4-11-24)23-45-36(39)38-46(42,43)28-19-17-27(18-20-28)40-34(32-16-9-21-44-32)30-22-26-14-7-8-15-29(26)33(30)37-40/h1-21,23,30,34H,22H2. The third-order valence-electron chi connectivity index (χ3n) is 8.38. The fraction of sp³-hybridized carbons (Fsp3) is 0.0833. The molecule has 0 radical (unpaired) electrons. The van der Waals surface area contributed by atoms with Crippen LogP contribution in [0.5, 0.6) is 0 Å². The van der Waals surface area contributed by atoms with Crippen molar-refractivity contribution in [2.45, 2.75) is 17.4 Å². The lowest BCUT2D eigenvalue weighted by molar-refractivity contribution is 0.0959. The van der Waals surface area contributed by atoms with Crippen LogP contribution in [0, 0.1) is 5.92 Å². The van der Waals surface area contributed by atoms with Crippen LogP contribution in [-0.2, 0) is 16.4 Å². The van der Waals surface area contributed by atoms with Gasteiger partial charge in [0, 0.05) is 27.3 Å². The van der Waals surface area contributed by atoms with E-state index in [-0.39, 0.29) is 27.6 Å². The SMILES string of the molecule is O=C(c1ccccc1)n1c(-c2ccccc2)csc1=NS(=O)(=O)c1ccc(N2N=C3c4ccccc4CC3C2c2cccs2)cc1. The van der Waals surface area contributed by atoms with Gasteiger partial charge >= 0.3 is 0 Å². The van der Waals surface area contributed by atoms with Gasteiger partial charge in [0.15, 0.2) is 0 Å². The van der Waals surface area contributed by atoms with E-state index in [1.54, 1.807) is 65.2 Å². The Morgan fingerprint density at radius 3 is 2.26 bits per heavy atom. The topological polar surface area (TPSA) is 84.1 Å². The van der Waals surface area contributed by atoms with Gasteiger partial charge in [0.2, 0.25) is 4.80 Å². The van der Waals surface area contributed by atoms with Gasteiger partial charge in [0.05, 0.1) is 28.0 Å². The first kappa shape index (κ1) is 28.6. The summed E-state index contributed by atoms with van der Waals surface area (Å²) in [4.78, 5) is 15.0. The van der Waals surface area contributed by atoms with E-state index in [4.69, 9.17) is 5.10 Å². The number of aromatic nitrogens is 1. The summed E-state index contributed by atoms with van der Waals surface area (Å²) in [5, 5.41) is 11.0. The Bertz CT molecular complexity index is 2270. The lowest BCUT2D eigenvalue weighted by Gasteiger charge is -2.26. The Labute approximate surface area is 274 Å². The van der Waals surface area contributed by atoms with Gasteiger partial charge < -0.3 is 0 Å². The summed E-state index contributed by atoms with van der Waals surface area (Å²) < 4.78 is 33.0. The van der Waals surface area contributed by atoms with Crippen molar-refractivity contribution in [1.82, 2.24) is 4.57 Å². The number of hydrogen-bond acceptors (Lipinski definition) is 7. The van der Waals surface area contributed by atoms with E-state index < -0.39 is 10.0 Å². The third-order valence-corrected chi connectivity index (χ3v) is 11.5. The summed E-state index contributed by atoms with van der Waals surface area (Å²) >= 11 is 2.82. The van der Waals surface area contributed by atoms with Crippen molar-refractivity contribution in [2.24, 2.45) is 15.4 Å². The average Bonchev–Trinajstić information content (AvgIpc) is 3.89. The number of thiazole rings is 1. The molecule has 6 aromatic rings. The normalized spacial score (nSPS) is 17.5. The molecule has 1 aliphatic heterocycles. The lowest BCUT2D eigenvalue weighted by atomic mass is 9.94. The number of nitrogens with zero attached hydrogens (tertiary/aromatic N) is 4. The summed E-state index contributed by atoms with van der Waals surface area (Å²) in [5.74, 6) is -0.144. The number of benzene rings is 4. The molecular weight excluding hydrogens is 633 g/mol. The smallest absolute Gasteiger partial charge is 0.268 e. The van der Waals surface area contributed by atoms with Gasteiger partial charge in [-0.25, -0.2) is 4.57 Å². The number of hydrazone groups is 1. The molecule has 2 aliphatic rings. The highest BCUT2D eigenvalue weighted by Gasteiger charge is 2.44. The van der Waals surface area contributed by atoms with E-state index in [1.165, 1.54) is 20.6 Å². The van der Waals surface area contributed by atoms with Gasteiger partial charge in [-0.2, -0.15) is 13.5 Å². The molecule has 226 valence electrons. The molecule has 7 nitrogen and oxygen atoms in total. The molecule has 0 N–H and O–H groups in total. The molecule has 0 fully saturated rings. The number of thiophene rings is 1. The molecule has 1 aliphatic carbocycles. The maximum Gasteiger partial charge on any atom is 0.285 e. The molecule has 0 bridgehead atoms. The zero-order chi connectivity index (χ0) is 31.3. The Balaban J connectivity index is 1.17. The van der Waals surface area contributed by atoms with Gasteiger partial charge in [-0.3, -0.25) is 9.80 Å². The van der Waals surface area contributed by atoms with Crippen molar-refractivity contribution >= 4 is 50.0 Å². The zero-order valence-corrected chi connectivity index (χ0v) is 26.8. The number of carbonyl (C=O) groups excluding carboxylic acids is 1. The van der Waals surface area contributed by atoms with Crippen LogP contribution < -0.4 is 9.81 Å². The van der Waals surface area contributed by atoms with Gasteiger partial charge in [-0.15, -0.1) is 27.1 Å². The second kappa shape index (κ2) is 11.5. The molecule has 4 aromatic carbocycles. The van der Waals surface area contributed by atoms with Crippen molar-refractivity contribution < 1.29 is 13.2 Å². The van der Waals surface area contributed by atoms with Crippen molar-refractivity contribution in [3.63, 3.8) is 0 Å². The van der Waals surface area contributed by atoms with Gasteiger partial charge in [-0.1, -0.05) is 78.9 Å². The molecule has 2 unspecified atom stereocenters. The van der Waals surface area contributed by atoms with Crippen LogP contribution in [0.15, 0.2) is 146 Å². The molecule has 10 heteroatoms. The Kier molecular flexibility index (Phi) is 7.12. The van der Waals surface area contributed by atoms with Crippen LogP contribution in [-0.4, -0.2) is 24.6 Å². The second-order valence-electron chi connectivity index (χ2n) is 11.1. The summed E-state index contributed by atoms with van der Waals surface area (Å²) in [6, 6.07) is 37.5. The van der Waals surface area contributed by atoms with E-state index in [9.17, 15) is 13.2 Å². The minimum Gasteiger partial charge on any atom is -0.268 e. The zero-order valence-electron chi connectivity index (χ0n) is 24.3. The minimum absolute atomic E-state index is 0.0139. The summed E-state index contributed by atoms with van der Waals surface area (Å²) in [7, 11) is -4.16. The second-order valence-corrected chi connectivity index (χ2v) is 14.5. The van der Waals surface area contributed by atoms with Gasteiger partial charge in [-0.05, 0) is 65.4 Å². The maximum absolute atomic E-state index is 13.7. The summed E-state index contributed by atoms with van der Waals surface area (Å²) in [5.41, 5.74) is 6.14. The van der Waals surface area contributed by atoms with Crippen LogP contribution in [0.1, 0.15) is 32.4 Å². The molecule has 0 saturated heterocycles. The number of anilines is 1. The number of fused-ring (bicyclic) bond motifs is 3. The van der Waals surface area contributed by atoms with E-state index >= 15 is 0 Å². The van der Waals surface area contributed by atoms with Crippen LogP contribution in [0.4, 0.5) is 5.69 Å². The highest BCUT2D eigenvalue weighted by molar-refractivity contribution is 7.90. The number of rotatable bonds is 6. The number of carbonyl (C=O) groups is 1. The predicted octanol–water partition coefficient (Wildman–Crippen LogP) is 7.39. The first-order valence-corrected chi connectivity index (χ1v) is 17.9. The average molecular weight is 659 g/mol.